The second kappa shape index (κ2) is 6.93. The molecule has 130 valence electrons. The van der Waals surface area contributed by atoms with Crippen molar-refractivity contribution in [2.24, 2.45) is 0 Å². The van der Waals surface area contributed by atoms with Gasteiger partial charge in [-0.1, -0.05) is 29.8 Å². The van der Waals surface area contributed by atoms with Gasteiger partial charge in [0, 0.05) is 25.1 Å². The lowest BCUT2D eigenvalue weighted by Gasteiger charge is -2.07. The maximum atomic E-state index is 12.5. The molecule has 1 amide bonds. The minimum absolute atomic E-state index is 0.103. The normalized spacial score (nSPS) is 11.0. The molecule has 0 fully saturated rings. The topological polar surface area (TPSA) is 77.1 Å². The van der Waals surface area contributed by atoms with Crippen LogP contribution in [0, 0.1) is 20.8 Å². The van der Waals surface area contributed by atoms with Crippen LogP contribution in [0.4, 0.5) is 0 Å². The molecule has 0 unspecified atom stereocenters. The number of nitrogens with zero attached hydrogens (tertiary/aromatic N) is 2. The van der Waals surface area contributed by atoms with Gasteiger partial charge in [-0.05, 0) is 26.3 Å². The molecule has 25 heavy (non-hydrogen) atoms. The molecule has 0 atom stereocenters. The Balaban J connectivity index is 1.64. The second-order valence-electron chi connectivity index (χ2n) is 6.22. The number of carbonyl (C=O) groups excluding carboxylic acids is 1. The molecule has 2 aromatic heterocycles. The molecule has 0 aliphatic rings. The lowest BCUT2D eigenvalue weighted by Crippen LogP contribution is -2.27. The van der Waals surface area contributed by atoms with Gasteiger partial charge in [-0.25, -0.2) is 4.98 Å². The third kappa shape index (κ3) is 3.63. The molecule has 0 spiro atoms. The Bertz CT molecular complexity index is 985. The molecule has 3 rings (SSSR count). The van der Waals surface area contributed by atoms with Gasteiger partial charge in [0.1, 0.15) is 17.5 Å². The average molecular weight is 339 g/mol. The highest BCUT2D eigenvalue weighted by molar-refractivity contribution is 5.77. The molecule has 3 aromatic rings. The fourth-order valence-corrected chi connectivity index (χ4v) is 2.76. The number of carbonyl (C=O) groups is 1. The van der Waals surface area contributed by atoms with E-state index in [0.717, 1.165) is 16.7 Å². The first-order valence-corrected chi connectivity index (χ1v) is 8.23. The third-order valence-electron chi connectivity index (χ3n) is 4.31. The molecule has 0 aliphatic carbocycles. The smallest absolute Gasteiger partial charge is 0.264 e. The van der Waals surface area contributed by atoms with Crippen molar-refractivity contribution in [3.05, 3.63) is 63.4 Å². The molecular formula is C19H21N3O3. The Kier molecular flexibility index (Phi) is 4.70. The molecule has 1 aromatic carbocycles. The number of benzene rings is 1. The molecular weight excluding hydrogens is 318 g/mol. The minimum Gasteiger partial charge on any atom is -0.443 e. The van der Waals surface area contributed by atoms with Gasteiger partial charge in [0.05, 0.1) is 0 Å². The minimum atomic E-state index is -0.175. The van der Waals surface area contributed by atoms with Gasteiger partial charge in [-0.15, -0.1) is 0 Å². The molecule has 0 radical (unpaired) electrons. The molecule has 0 saturated heterocycles. The Hall–Kier alpha value is -2.89. The number of hydrogen-bond donors (Lipinski definition) is 1. The van der Waals surface area contributed by atoms with Gasteiger partial charge in [0.15, 0.2) is 0 Å². The van der Waals surface area contributed by atoms with E-state index in [0.29, 0.717) is 23.4 Å². The zero-order chi connectivity index (χ0) is 18.0. The predicted molar refractivity (Wildman–Crippen MR) is 95.4 cm³/mol. The summed E-state index contributed by atoms with van der Waals surface area (Å²) >= 11 is 0. The number of aryl methyl sites for hydroxylation is 4. The van der Waals surface area contributed by atoms with Crippen LogP contribution in [0.15, 0.2) is 39.8 Å². The maximum absolute atomic E-state index is 12.5. The summed E-state index contributed by atoms with van der Waals surface area (Å²) in [5, 5.41) is 3.36. The van der Waals surface area contributed by atoms with Gasteiger partial charge in [0.2, 0.25) is 11.6 Å². The molecule has 0 aliphatic heterocycles. The lowest BCUT2D eigenvalue weighted by molar-refractivity contribution is -0.121. The van der Waals surface area contributed by atoms with Crippen molar-refractivity contribution in [2.45, 2.75) is 40.3 Å². The molecule has 0 bridgehead atoms. The van der Waals surface area contributed by atoms with Gasteiger partial charge >= 0.3 is 0 Å². The van der Waals surface area contributed by atoms with Gasteiger partial charge in [0.25, 0.3) is 5.56 Å². The first-order valence-electron chi connectivity index (χ1n) is 8.23. The zero-order valence-electron chi connectivity index (χ0n) is 14.6. The molecule has 6 nitrogen and oxygen atoms in total. The highest BCUT2D eigenvalue weighted by Gasteiger charge is 2.14. The number of aromatic nitrogens is 2. The van der Waals surface area contributed by atoms with E-state index in [2.05, 4.69) is 10.3 Å². The number of amides is 1. The summed E-state index contributed by atoms with van der Waals surface area (Å²) in [5.41, 5.74) is 3.18. The van der Waals surface area contributed by atoms with Crippen molar-refractivity contribution < 1.29 is 9.21 Å². The van der Waals surface area contributed by atoms with Crippen LogP contribution >= 0.6 is 0 Å². The number of fused-ring (bicyclic) bond motifs is 1. The summed E-state index contributed by atoms with van der Waals surface area (Å²) in [6.07, 6.45) is 1.65. The predicted octanol–water partition coefficient (Wildman–Crippen LogP) is 2.62. The van der Waals surface area contributed by atoms with Crippen LogP contribution in [0.5, 0.6) is 0 Å². The Morgan fingerprint density at radius 3 is 2.84 bits per heavy atom. The summed E-state index contributed by atoms with van der Waals surface area (Å²) < 4.78 is 6.91. The molecule has 0 saturated carbocycles. The number of furan rings is 1. The Morgan fingerprint density at radius 2 is 2.08 bits per heavy atom. The monoisotopic (exact) mass is 339 g/mol. The van der Waals surface area contributed by atoms with E-state index in [9.17, 15) is 9.59 Å². The van der Waals surface area contributed by atoms with Crippen molar-refractivity contribution in [3.63, 3.8) is 0 Å². The van der Waals surface area contributed by atoms with Gasteiger partial charge in [-0.3, -0.25) is 14.2 Å². The summed E-state index contributed by atoms with van der Waals surface area (Å²) in [6.45, 7) is 6.42. The van der Waals surface area contributed by atoms with Crippen LogP contribution < -0.4 is 10.9 Å². The van der Waals surface area contributed by atoms with Crippen molar-refractivity contribution in [1.29, 1.82) is 0 Å². The maximum Gasteiger partial charge on any atom is 0.264 e. The number of rotatable bonds is 5. The SMILES string of the molecule is Cc1cccc(CNC(=O)CCn2cnc3oc(C)c(C)c3c2=O)c1. The van der Waals surface area contributed by atoms with Crippen LogP contribution in [0.1, 0.15) is 28.9 Å². The van der Waals surface area contributed by atoms with E-state index in [-0.39, 0.29) is 24.4 Å². The summed E-state index contributed by atoms with van der Waals surface area (Å²) in [4.78, 5) is 28.7. The quantitative estimate of drug-likeness (QED) is 0.775. The summed E-state index contributed by atoms with van der Waals surface area (Å²) in [5.74, 6) is 0.585. The van der Waals surface area contributed by atoms with E-state index in [4.69, 9.17) is 4.42 Å². The van der Waals surface area contributed by atoms with E-state index in [1.54, 1.807) is 6.92 Å². The van der Waals surface area contributed by atoms with E-state index in [1.165, 1.54) is 10.9 Å². The van der Waals surface area contributed by atoms with Crippen LogP contribution in [-0.4, -0.2) is 15.5 Å². The standard InChI is InChI=1S/C19H21N3O3/c1-12-5-4-6-15(9-12)10-20-16(23)7-8-22-11-21-18-17(19(22)24)13(2)14(3)25-18/h4-6,9,11H,7-8,10H2,1-3H3,(H,20,23). The van der Waals surface area contributed by atoms with Gasteiger partial charge in [-0.2, -0.15) is 0 Å². The molecule has 1 N–H and O–H groups in total. The van der Waals surface area contributed by atoms with Crippen molar-refractivity contribution in [1.82, 2.24) is 14.9 Å². The van der Waals surface area contributed by atoms with Crippen molar-refractivity contribution >= 4 is 17.0 Å². The second-order valence-corrected chi connectivity index (χ2v) is 6.22. The summed E-state index contributed by atoms with van der Waals surface area (Å²) in [6, 6.07) is 7.99. The van der Waals surface area contributed by atoms with Crippen molar-refractivity contribution in [2.75, 3.05) is 0 Å². The van der Waals surface area contributed by atoms with Crippen LogP contribution in [0.25, 0.3) is 11.1 Å². The van der Waals surface area contributed by atoms with Crippen molar-refractivity contribution in [3.8, 4) is 0 Å². The number of hydrogen-bond acceptors (Lipinski definition) is 4. The van der Waals surface area contributed by atoms with Crippen LogP contribution in [0.3, 0.4) is 0 Å². The van der Waals surface area contributed by atoms with E-state index in [1.807, 2.05) is 38.1 Å². The van der Waals surface area contributed by atoms with E-state index >= 15 is 0 Å². The van der Waals surface area contributed by atoms with Crippen LogP contribution in [-0.2, 0) is 17.9 Å². The highest BCUT2D eigenvalue weighted by atomic mass is 16.3. The van der Waals surface area contributed by atoms with Crippen LogP contribution in [0.2, 0.25) is 0 Å². The average Bonchev–Trinajstić information content (AvgIpc) is 2.87. The third-order valence-corrected chi connectivity index (χ3v) is 4.31. The first-order chi connectivity index (χ1) is 12.0. The Labute approximate surface area is 145 Å². The fourth-order valence-electron chi connectivity index (χ4n) is 2.76. The first kappa shape index (κ1) is 17.0. The molecule has 6 heteroatoms. The number of nitrogens with one attached hydrogen (secondary N) is 1. The Morgan fingerprint density at radius 1 is 1.28 bits per heavy atom. The summed E-state index contributed by atoms with van der Waals surface area (Å²) in [7, 11) is 0. The largest absolute Gasteiger partial charge is 0.443 e. The van der Waals surface area contributed by atoms with E-state index < -0.39 is 0 Å². The fraction of sp³-hybridized carbons (Fsp3) is 0.316. The lowest BCUT2D eigenvalue weighted by atomic mass is 10.1. The molecule has 2 heterocycles. The highest BCUT2D eigenvalue weighted by Crippen LogP contribution is 2.19. The zero-order valence-corrected chi connectivity index (χ0v) is 14.6. The van der Waals surface area contributed by atoms with Gasteiger partial charge < -0.3 is 9.73 Å².